The van der Waals surface area contributed by atoms with Crippen molar-refractivity contribution in [1.82, 2.24) is 0 Å². The largest absolute Gasteiger partial charge is 0.755 e. The Hall–Kier alpha value is -0.720. The van der Waals surface area contributed by atoms with Crippen LogP contribution >= 0.6 is 7.60 Å². The van der Waals surface area contributed by atoms with Crippen LogP contribution in [0.4, 0.5) is 5.69 Å². The molecule has 1 unspecified atom stereocenters. The highest BCUT2D eigenvalue weighted by Crippen LogP contribution is 2.39. The van der Waals surface area contributed by atoms with Crippen LogP contribution in [0.5, 0.6) is 0 Å². The molecule has 1 rings (SSSR count). The van der Waals surface area contributed by atoms with Crippen LogP contribution in [0, 0.1) is 0 Å². The van der Waals surface area contributed by atoms with E-state index in [1.807, 2.05) is 6.92 Å². The number of hydrogen-bond donors (Lipinski definition) is 2. The van der Waals surface area contributed by atoms with Gasteiger partial charge in [-0.15, -0.1) is 0 Å². The molecule has 8 heteroatoms. The van der Waals surface area contributed by atoms with E-state index >= 15 is 0 Å². The van der Waals surface area contributed by atoms with Crippen molar-refractivity contribution >= 4 is 24.5 Å². The van der Waals surface area contributed by atoms with E-state index in [4.69, 9.17) is 9.79 Å². The van der Waals surface area contributed by atoms with Crippen molar-refractivity contribution in [2.75, 3.05) is 10.8 Å². The molecule has 1 aromatic rings. The fourth-order valence-electron chi connectivity index (χ4n) is 1.84. The SMILES string of the molecule is CCCCCN(c1cccc(CP(=O)(O)O)c1)S(=O)[O-]. The third-order valence-corrected chi connectivity index (χ3v) is 4.26. The molecule has 20 heavy (non-hydrogen) atoms. The predicted molar refractivity (Wildman–Crippen MR) is 78.0 cm³/mol. The number of benzene rings is 1. The Labute approximate surface area is 121 Å². The van der Waals surface area contributed by atoms with Gasteiger partial charge in [-0.05, 0) is 24.1 Å². The summed E-state index contributed by atoms with van der Waals surface area (Å²) in [5.74, 6) is 0. The minimum atomic E-state index is -4.16. The Morgan fingerprint density at radius 2 is 2.05 bits per heavy atom. The van der Waals surface area contributed by atoms with Gasteiger partial charge >= 0.3 is 7.60 Å². The van der Waals surface area contributed by atoms with Crippen molar-refractivity contribution in [3.05, 3.63) is 29.8 Å². The Morgan fingerprint density at radius 1 is 1.35 bits per heavy atom. The topological polar surface area (TPSA) is 101 Å². The summed E-state index contributed by atoms with van der Waals surface area (Å²) in [7, 11) is -4.16. The summed E-state index contributed by atoms with van der Waals surface area (Å²) < 4.78 is 34.7. The van der Waals surface area contributed by atoms with Crippen molar-refractivity contribution in [1.29, 1.82) is 0 Å². The van der Waals surface area contributed by atoms with Gasteiger partial charge in [-0.25, -0.2) is 0 Å². The molecule has 0 amide bonds. The molecule has 0 heterocycles. The standard InChI is InChI=1S/C12H20NO5PS/c1-2-3-4-8-13(20(17)18)12-7-5-6-11(9-12)10-19(14,15)16/h5-7,9H,2-4,8,10H2,1H3,(H,17,18)(H2,14,15,16)/p-1. The van der Waals surface area contributed by atoms with Gasteiger partial charge < -0.3 is 18.6 Å². The van der Waals surface area contributed by atoms with Gasteiger partial charge in [0.2, 0.25) is 0 Å². The van der Waals surface area contributed by atoms with Crippen LogP contribution in [-0.4, -0.2) is 25.1 Å². The smallest absolute Gasteiger partial charge is 0.329 e. The normalized spacial score (nSPS) is 13.2. The van der Waals surface area contributed by atoms with Crippen LogP contribution in [0.15, 0.2) is 24.3 Å². The van der Waals surface area contributed by atoms with Crippen molar-refractivity contribution in [2.45, 2.75) is 32.3 Å². The first-order valence-electron chi connectivity index (χ1n) is 6.34. The highest BCUT2D eigenvalue weighted by Gasteiger charge is 2.15. The zero-order chi connectivity index (χ0) is 15.2. The van der Waals surface area contributed by atoms with Gasteiger partial charge in [-0.2, -0.15) is 0 Å². The van der Waals surface area contributed by atoms with E-state index in [0.29, 0.717) is 17.8 Å². The lowest BCUT2D eigenvalue weighted by Gasteiger charge is -2.26. The first kappa shape index (κ1) is 17.3. The molecule has 0 aliphatic rings. The molecular formula is C12H19NO5PS-. The quantitative estimate of drug-likeness (QED) is 0.434. The highest BCUT2D eigenvalue weighted by molar-refractivity contribution is 7.80. The van der Waals surface area contributed by atoms with Gasteiger partial charge in [0.05, 0.1) is 6.16 Å². The molecule has 6 nitrogen and oxygen atoms in total. The zero-order valence-electron chi connectivity index (χ0n) is 11.3. The first-order valence-corrected chi connectivity index (χ1v) is 9.17. The average Bonchev–Trinajstić information content (AvgIpc) is 2.32. The molecule has 0 aliphatic heterocycles. The van der Waals surface area contributed by atoms with Crippen molar-refractivity contribution < 1.29 is 23.1 Å². The molecule has 0 spiro atoms. The number of unbranched alkanes of at least 4 members (excludes halogenated alkanes) is 2. The number of nitrogens with zero attached hydrogens (tertiary/aromatic N) is 1. The van der Waals surface area contributed by atoms with E-state index in [1.165, 1.54) is 10.4 Å². The molecule has 0 saturated heterocycles. The summed E-state index contributed by atoms with van der Waals surface area (Å²) >= 11 is -2.40. The minimum Gasteiger partial charge on any atom is -0.755 e. The molecule has 1 atom stereocenters. The number of hydrogen-bond acceptors (Lipinski definition) is 3. The summed E-state index contributed by atoms with van der Waals surface area (Å²) in [5, 5.41) is 0. The predicted octanol–water partition coefficient (Wildman–Crippen LogP) is 2.16. The second-order valence-electron chi connectivity index (χ2n) is 4.52. The van der Waals surface area contributed by atoms with Crippen LogP contribution in [0.3, 0.4) is 0 Å². The maximum Gasteiger partial charge on any atom is 0.329 e. The van der Waals surface area contributed by atoms with Crippen LogP contribution in [0.1, 0.15) is 31.7 Å². The summed E-state index contributed by atoms with van der Waals surface area (Å²) in [6.45, 7) is 2.39. The number of anilines is 1. The monoisotopic (exact) mass is 320 g/mol. The van der Waals surface area contributed by atoms with Crippen molar-refractivity contribution in [2.24, 2.45) is 0 Å². The van der Waals surface area contributed by atoms with Crippen LogP contribution in [-0.2, 0) is 22.0 Å². The number of rotatable bonds is 8. The Kier molecular flexibility index (Phi) is 6.85. The fraction of sp³-hybridized carbons (Fsp3) is 0.500. The molecular weight excluding hydrogens is 301 g/mol. The maximum absolute atomic E-state index is 11.3. The van der Waals surface area contributed by atoms with Gasteiger partial charge in [-0.1, -0.05) is 31.9 Å². The maximum atomic E-state index is 11.3. The third-order valence-electron chi connectivity index (χ3n) is 2.73. The highest BCUT2D eigenvalue weighted by atomic mass is 32.2. The lowest BCUT2D eigenvalue weighted by Crippen LogP contribution is -2.26. The van der Waals surface area contributed by atoms with Gasteiger partial charge in [0, 0.05) is 23.5 Å². The first-order chi connectivity index (χ1) is 9.33. The molecule has 0 radical (unpaired) electrons. The molecule has 0 saturated carbocycles. The Bertz CT molecular complexity index is 504. The van der Waals surface area contributed by atoms with Crippen molar-refractivity contribution in [3.8, 4) is 0 Å². The second-order valence-corrected chi connectivity index (χ2v) is 7.04. The second kappa shape index (κ2) is 7.90. The molecule has 114 valence electrons. The summed E-state index contributed by atoms with van der Waals surface area (Å²) in [5.41, 5.74) is 0.849. The van der Waals surface area contributed by atoms with E-state index in [0.717, 1.165) is 19.3 Å². The lowest BCUT2D eigenvalue weighted by molar-refractivity contribution is 0.371. The molecule has 0 fully saturated rings. The summed E-state index contributed by atoms with van der Waals surface area (Å²) in [4.78, 5) is 17.9. The van der Waals surface area contributed by atoms with Gasteiger partial charge in [0.25, 0.3) is 0 Å². The third kappa shape index (κ3) is 6.15. The fourth-order valence-corrected chi connectivity index (χ4v) is 3.08. The molecule has 2 N–H and O–H groups in total. The molecule has 0 aliphatic carbocycles. The Balaban J connectivity index is 2.88. The van der Waals surface area contributed by atoms with Crippen LogP contribution in [0.25, 0.3) is 0 Å². The van der Waals surface area contributed by atoms with Gasteiger partial charge in [0.15, 0.2) is 0 Å². The molecule has 1 aromatic carbocycles. The van der Waals surface area contributed by atoms with Crippen molar-refractivity contribution in [3.63, 3.8) is 0 Å². The minimum absolute atomic E-state index is 0.364. The van der Waals surface area contributed by atoms with Crippen LogP contribution in [0.2, 0.25) is 0 Å². The average molecular weight is 320 g/mol. The van der Waals surface area contributed by atoms with E-state index in [2.05, 4.69) is 0 Å². The van der Waals surface area contributed by atoms with Crippen LogP contribution < -0.4 is 4.31 Å². The summed E-state index contributed by atoms with van der Waals surface area (Å²) in [6, 6.07) is 6.28. The zero-order valence-corrected chi connectivity index (χ0v) is 13.0. The van der Waals surface area contributed by atoms with E-state index in [9.17, 15) is 13.3 Å². The molecule has 0 bridgehead atoms. The van der Waals surface area contributed by atoms with Gasteiger partial charge in [0.1, 0.15) is 0 Å². The van der Waals surface area contributed by atoms with E-state index < -0.39 is 25.0 Å². The van der Waals surface area contributed by atoms with E-state index in [-0.39, 0.29) is 0 Å². The van der Waals surface area contributed by atoms with E-state index in [1.54, 1.807) is 18.2 Å². The molecule has 0 aromatic heterocycles. The Morgan fingerprint density at radius 3 is 2.60 bits per heavy atom. The van der Waals surface area contributed by atoms with Gasteiger partial charge in [-0.3, -0.25) is 8.77 Å². The lowest BCUT2D eigenvalue weighted by atomic mass is 10.2. The summed E-state index contributed by atoms with van der Waals surface area (Å²) in [6.07, 6.45) is 2.26.